The fourth-order valence-corrected chi connectivity index (χ4v) is 4.42. The summed E-state index contributed by atoms with van der Waals surface area (Å²) in [5, 5.41) is 3.04. The Morgan fingerprint density at radius 3 is 2.32 bits per heavy atom. The Hall–Kier alpha value is -2.91. The third-order valence-corrected chi connectivity index (χ3v) is 6.35. The van der Waals surface area contributed by atoms with Gasteiger partial charge in [0.1, 0.15) is 0 Å². The molecule has 1 fully saturated rings. The van der Waals surface area contributed by atoms with E-state index in [9.17, 15) is 4.79 Å². The summed E-state index contributed by atoms with van der Waals surface area (Å²) in [7, 11) is 2.23. The van der Waals surface area contributed by atoms with E-state index in [-0.39, 0.29) is 5.91 Å². The van der Waals surface area contributed by atoms with E-state index < -0.39 is 0 Å². The lowest BCUT2D eigenvalue weighted by atomic mass is 9.94. The van der Waals surface area contributed by atoms with Crippen LogP contribution in [-0.2, 0) is 6.54 Å². The molecular weight excluding hydrogens is 380 g/mol. The predicted molar refractivity (Wildman–Crippen MR) is 129 cm³/mol. The molecule has 3 nitrogen and oxygen atoms in total. The van der Waals surface area contributed by atoms with Gasteiger partial charge in [-0.3, -0.25) is 9.69 Å². The lowest BCUT2D eigenvalue weighted by Crippen LogP contribution is -2.32. The molecular formula is C28H32N2O. The minimum Gasteiger partial charge on any atom is -0.322 e. The molecule has 3 aromatic rings. The molecule has 1 N–H and O–H groups in total. The molecule has 0 heterocycles. The third-order valence-electron chi connectivity index (χ3n) is 6.35. The smallest absolute Gasteiger partial charge is 0.255 e. The Bertz CT molecular complexity index is 1000. The van der Waals surface area contributed by atoms with Crippen LogP contribution in [0, 0.1) is 6.92 Å². The Balaban J connectivity index is 1.38. The largest absolute Gasteiger partial charge is 0.322 e. The Labute approximate surface area is 186 Å². The zero-order valence-electron chi connectivity index (χ0n) is 18.6. The molecule has 160 valence electrons. The second-order valence-electron chi connectivity index (χ2n) is 8.80. The summed E-state index contributed by atoms with van der Waals surface area (Å²) in [4.78, 5) is 15.3. The van der Waals surface area contributed by atoms with Crippen LogP contribution in [0.5, 0.6) is 0 Å². The molecule has 0 atom stereocenters. The molecule has 0 bridgehead atoms. The van der Waals surface area contributed by atoms with Crippen molar-refractivity contribution in [3.05, 3.63) is 89.5 Å². The van der Waals surface area contributed by atoms with E-state index in [1.54, 1.807) is 0 Å². The molecule has 0 aromatic heterocycles. The standard InChI is InChI=1S/C28H32N2O/c1-21-11-15-23(16-12-21)24-7-6-8-25(19-24)28(31)29-26-17-13-22(14-18-26)20-30(2)27-9-4-3-5-10-27/h6-8,11-19,27H,3-5,9-10,20H2,1-2H3,(H,29,31). The number of nitrogens with zero attached hydrogens (tertiary/aromatic N) is 1. The molecule has 1 aliphatic rings. The van der Waals surface area contributed by atoms with Gasteiger partial charge in [0.05, 0.1) is 0 Å². The maximum atomic E-state index is 12.8. The van der Waals surface area contributed by atoms with Crippen molar-refractivity contribution in [2.24, 2.45) is 0 Å². The molecule has 0 radical (unpaired) electrons. The maximum Gasteiger partial charge on any atom is 0.255 e. The Morgan fingerprint density at radius 2 is 1.61 bits per heavy atom. The van der Waals surface area contributed by atoms with E-state index in [1.807, 2.05) is 36.4 Å². The summed E-state index contributed by atoms with van der Waals surface area (Å²) in [6, 6.07) is 25.1. The first-order chi connectivity index (χ1) is 15.1. The highest BCUT2D eigenvalue weighted by Gasteiger charge is 2.18. The van der Waals surface area contributed by atoms with Gasteiger partial charge in [-0.15, -0.1) is 0 Å². The van der Waals surface area contributed by atoms with E-state index >= 15 is 0 Å². The van der Waals surface area contributed by atoms with Crippen molar-refractivity contribution in [2.45, 2.75) is 51.6 Å². The first-order valence-electron chi connectivity index (χ1n) is 11.4. The average Bonchev–Trinajstić information content (AvgIpc) is 2.81. The first-order valence-corrected chi connectivity index (χ1v) is 11.4. The van der Waals surface area contributed by atoms with Gasteiger partial charge < -0.3 is 5.32 Å². The fourth-order valence-electron chi connectivity index (χ4n) is 4.42. The Kier molecular flexibility index (Phi) is 6.83. The van der Waals surface area contributed by atoms with Gasteiger partial charge in [0.2, 0.25) is 0 Å². The number of benzene rings is 3. The van der Waals surface area contributed by atoms with Crippen molar-refractivity contribution < 1.29 is 4.79 Å². The number of hydrogen-bond acceptors (Lipinski definition) is 2. The number of hydrogen-bond donors (Lipinski definition) is 1. The van der Waals surface area contributed by atoms with Crippen LogP contribution in [0.2, 0.25) is 0 Å². The monoisotopic (exact) mass is 412 g/mol. The molecule has 1 aliphatic carbocycles. The second-order valence-corrected chi connectivity index (χ2v) is 8.80. The number of rotatable bonds is 6. The summed E-state index contributed by atoms with van der Waals surface area (Å²) in [5.74, 6) is -0.0824. The van der Waals surface area contributed by atoms with Crippen molar-refractivity contribution in [3.8, 4) is 11.1 Å². The minimum absolute atomic E-state index is 0.0824. The van der Waals surface area contributed by atoms with Crippen molar-refractivity contribution in [1.82, 2.24) is 4.90 Å². The molecule has 0 unspecified atom stereocenters. The minimum atomic E-state index is -0.0824. The highest BCUT2D eigenvalue weighted by atomic mass is 16.1. The first kappa shape index (κ1) is 21.3. The van der Waals surface area contributed by atoms with Gasteiger partial charge in [-0.2, -0.15) is 0 Å². The number of aryl methyl sites for hydroxylation is 1. The summed E-state index contributed by atoms with van der Waals surface area (Å²) in [6.45, 7) is 3.03. The van der Waals surface area contributed by atoms with Crippen molar-refractivity contribution in [3.63, 3.8) is 0 Å². The molecule has 3 aromatic carbocycles. The van der Waals surface area contributed by atoms with Crippen LogP contribution in [0.3, 0.4) is 0 Å². The van der Waals surface area contributed by atoms with Gasteiger partial charge in [-0.1, -0.05) is 73.4 Å². The fraction of sp³-hybridized carbons (Fsp3) is 0.321. The van der Waals surface area contributed by atoms with Gasteiger partial charge in [0, 0.05) is 23.8 Å². The highest BCUT2D eigenvalue weighted by molar-refractivity contribution is 6.04. The summed E-state index contributed by atoms with van der Waals surface area (Å²) >= 11 is 0. The third kappa shape index (κ3) is 5.62. The molecule has 0 aliphatic heterocycles. The normalized spacial score (nSPS) is 14.5. The van der Waals surface area contributed by atoms with Gasteiger partial charge in [-0.05, 0) is 67.8 Å². The average molecular weight is 413 g/mol. The zero-order chi connectivity index (χ0) is 21.6. The van der Waals surface area contributed by atoms with Crippen LogP contribution >= 0.6 is 0 Å². The number of anilines is 1. The zero-order valence-corrected chi connectivity index (χ0v) is 18.6. The molecule has 4 rings (SSSR count). The molecule has 0 saturated heterocycles. The molecule has 0 spiro atoms. The number of amides is 1. The summed E-state index contributed by atoms with van der Waals surface area (Å²) in [5.41, 5.74) is 6.17. The lowest BCUT2D eigenvalue weighted by Gasteiger charge is -2.31. The molecule has 1 saturated carbocycles. The number of nitrogens with one attached hydrogen (secondary N) is 1. The summed E-state index contributed by atoms with van der Waals surface area (Å²) in [6.07, 6.45) is 6.71. The van der Waals surface area contributed by atoms with E-state index in [2.05, 4.69) is 60.6 Å². The quantitative estimate of drug-likeness (QED) is 0.490. The van der Waals surface area contributed by atoms with Crippen molar-refractivity contribution >= 4 is 11.6 Å². The van der Waals surface area contributed by atoms with Crippen molar-refractivity contribution in [1.29, 1.82) is 0 Å². The van der Waals surface area contributed by atoms with Crippen LogP contribution in [0.15, 0.2) is 72.8 Å². The predicted octanol–water partition coefficient (Wildman–Crippen LogP) is 6.68. The highest BCUT2D eigenvalue weighted by Crippen LogP contribution is 2.24. The SMILES string of the molecule is Cc1ccc(-c2cccc(C(=O)Nc3ccc(CN(C)C4CCCCC4)cc3)c2)cc1. The maximum absolute atomic E-state index is 12.8. The molecule has 31 heavy (non-hydrogen) atoms. The van der Waals surface area contributed by atoms with Crippen LogP contribution in [0.1, 0.15) is 53.6 Å². The van der Waals surface area contributed by atoms with E-state index in [0.29, 0.717) is 11.6 Å². The van der Waals surface area contributed by atoms with Gasteiger partial charge in [0.15, 0.2) is 0 Å². The van der Waals surface area contributed by atoms with E-state index in [1.165, 1.54) is 43.2 Å². The van der Waals surface area contributed by atoms with Gasteiger partial charge in [0.25, 0.3) is 5.91 Å². The van der Waals surface area contributed by atoms with E-state index in [0.717, 1.165) is 23.4 Å². The van der Waals surface area contributed by atoms with Crippen LogP contribution in [0.25, 0.3) is 11.1 Å². The van der Waals surface area contributed by atoms with Crippen molar-refractivity contribution in [2.75, 3.05) is 12.4 Å². The van der Waals surface area contributed by atoms with Gasteiger partial charge in [-0.25, -0.2) is 0 Å². The number of carbonyl (C=O) groups is 1. The second kappa shape index (κ2) is 9.93. The Morgan fingerprint density at radius 1 is 0.903 bits per heavy atom. The van der Waals surface area contributed by atoms with E-state index in [4.69, 9.17) is 0 Å². The van der Waals surface area contributed by atoms with Crippen LogP contribution < -0.4 is 5.32 Å². The van der Waals surface area contributed by atoms with Crippen LogP contribution in [-0.4, -0.2) is 23.9 Å². The van der Waals surface area contributed by atoms with Crippen LogP contribution in [0.4, 0.5) is 5.69 Å². The number of carbonyl (C=O) groups excluding carboxylic acids is 1. The van der Waals surface area contributed by atoms with Gasteiger partial charge >= 0.3 is 0 Å². The summed E-state index contributed by atoms with van der Waals surface area (Å²) < 4.78 is 0. The molecule has 3 heteroatoms. The topological polar surface area (TPSA) is 32.3 Å². The molecule has 1 amide bonds. The lowest BCUT2D eigenvalue weighted by molar-refractivity contribution is 0.102.